The lowest BCUT2D eigenvalue weighted by molar-refractivity contribution is -0.171. The molecular formula is C16H27NO3. The summed E-state index contributed by atoms with van der Waals surface area (Å²) in [5, 5.41) is 10.7. The zero-order chi connectivity index (χ0) is 14.4. The second-order valence-corrected chi connectivity index (χ2v) is 7.67. The molecule has 0 saturated heterocycles. The van der Waals surface area contributed by atoms with E-state index in [0.717, 1.165) is 32.1 Å². The van der Waals surface area contributed by atoms with Gasteiger partial charge in [0.05, 0.1) is 12.2 Å². The Hall–Kier alpha value is -0.610. The Labute approximate surface area is 121 Å². The minimum atomic E-state index is -0.463. The summed E-state index contributed by atoms with van der Waals surface area (Å²) in [6, 6.07) is 0. The number of carbonyl (C=O) groups is 1. The summed E-state index contributed by atoms with van der Waals surface area (Å²) in [4.78, 5) is 14.2. The summed E-state index contributed by atoms with van der Waals surface area (Å²) in [6.45, 7) is 1.24. The van der Waals surface area contributed by atoms with E-state index in [0.29, 0.717) is 31.4 Å². The minimum Gasteiger partial charge on any atom is -0.390 e. The minimum absolute atomic E-state index is 0.0806. The van der Waals surface area contributed by atoms with Crippen LogP contribution in [0, 0.1) is 17.3 Å². The van der Waals surface area contributed by atoms with Crippen LogP contribution < -0.4 is 0 Å². The van der Waals surface area contributed by atoms with Crippen molar-refractivity contribution in [3.8, 4) is 0 Å². The van der Waals surface area contributed by atoms with Gasteiger partial charge in [-0.1, -0.05) is 0 Å². The summed E-state index contributed by atoms with van der Waals surface area (Å²) in [6.07, 6.45) is 6.97. The second kappa shape index (κ2) is 4.99. The van der Waals surface area contributed by atoms with Crippen LogP contribution in [0.5, 0.6) is 0 Å². The topological polar surface area (TPSA) is 49.8 Å². The van der Waals surface area contributed by atoms with Gasteiger partial charge in [-0.3, -0.25) is 4.79 Å². The number of hydrogen-bond acceptors (Lipinski definition) is 3. The third kappa shape index (κ3) is 2.60. The molecular weight excluding hydrogens is 254 g/mol. The van der Waals surface area contributed by atoms with Gasteiger partial charge in [0.1, 0.15) is 0 Å². The largest absolute Gasteiger partial charge is 0.390 e. The number of carbonyl (C=O) groups excluding carboxylic acids is 1. The van der Waals surface area contributed by atoms with Gasteiger partial charge < -0.3 is 14.7 Å². The molecule has 0 heterocycles. The predicted octanol–water partition coefficient (Wildman–Crippen LogP) is 1.81. The first-order valence-corrected chi connectivity index (χ1v) is 7.89. The molecule has 0 aromatic carbocycles. The third-order valence-electron chi connectivity index (χ3n) is 5.73. The quantitative estimate of drug-likeness (QED) is 0.836. The van der Waals surface area contributed by atoms with Crippen LogP contribution in [0.1, 0.15) is 44.9 Å². The summed E-state index contributed by atoms with van der Waals surface area (Å²) < 4.78 is 5.04. The van der Waals surface area contributed by atoms with Crippen molar-refractivity contribution in [2.24, 2.45) is 17.3 Å². The molecule has 2 atom stereocenters. The van der Waals surface area contributed by atoms with Crippen LogP contribution in [0.3, 0.4) is 0 Å². The Kier molecular flexibility index (Phi) is 3.57. The van der Waals surface area contributed by atoms with E-state index in [9.17, 15) is 9.90 Å². The zero-order valence-corrected chi connectivity index (χ0v) is 12.7. The van der Waals surface area contributed by atoms with Gasteiger partial charge in [0, 0.05) is 27.1 Å². The molecule has 4 aliphatic rings. The summed E-state index contributed by atoms with van der Waals surface area (Å²) >= 11 is 0. The number of rotatable bonds is 5. The summed E-state index contributed by atoms with van der Waals surface area (Å²) in [5.41, 5.74) is -0.382. The fourth-order valence-electron chi connectivity index (χ4n) is 5.42. The molecule has 4 rings (SSSR count). The number of methoxy groups -OCH3 is 1. The molecule has 4 nitrogen and oxygen atoms in total. The highest BCUT2D eigenvalue weighted by Gasteiger charge is 2.57. The molecule has 0 spiro atoms. The molecule has 0 radical (unpaired) electrons. The van der Waals surface area contributed by atoms with E-state index in [-0.39, 0.29) is 11.3 Å². The smallest absolute Gasteiger partial charge is 0.222 e. The molecule has 20 heavy (non-hydrogen) atoms. The van der Waals surface area contributed by atoms with Crippen molar-refractivity contribution >= 4 is 5.91 Å². The number of hydrogen-bond donors (Lipinski definition) is 1. The molecule has 114 valence electrons. The van der Waals surface area contributed by atoms with E-state index in [4.69, 9.17) is 4.74 Å². The second-order valence-electron chi connectivity index (χ2n) is 7.67. The van der Waals surface area contributed by atoms with Crippen LogP contribution >= 0.6 is 0 Å². The molecule has 4 bridgehead atoms. The lowest BCUT2D eigenvalue weighted by Crippen LogP contribution is -2.56. The number of ether oxygens (including phenoxy) is 1. The van der Waals surface area contributed by atoms with Crippen LogP contribution in [0.15, 0.2) is 0 Å². The van der Waals surface area contributed by atoms with E-state index >= 15 is 0 Å². The van der Waals surface area contributed by atoms with Crippen LogP contribution in [-0.4, -0.2) is 48.8 Å². The molecule has 0 aromatic rings. The predicted molar refractivity (Wildman–Crippen MR) is 76.2 cm³/mol. The first kappa shape index (κ1) is 14.3. The number of likely N-dealkylation sites (N-methyl/N-ethyl adjacent to an activating group) is 1. The SMILES string of the molecule is COCCN(C)C(=O)CC12C[C@H]3C[C@@H](CC(O)(C3)C1)C2. The van der Waals surface area contributed by atoms with Gasteiger partial charge in [0.15, 0.2) is 0 Å². The fourth-order valence-corrected chi connectivity index (χ4v) is 5.42. The molecule has 0 aliphatic heterocycles. The Morgan fingerprint density at radius 1 is 1.30 bits per heavy atom. The van der Waals surface area contributed by atoms with Gasteiger partial charge in [0.2, 0.25) is 5.91 Å². The van der Waals surface area contributed by atoms with Crippen molar-refractivity contribution < 1.29 is 14.6 Å². The fraction of sp³-hybridized carbons (Fsp3) is 0.938. The van der Waals surface area contributed by atoms with Gasteiger partial charge in [-0.25, -0.2) is 0 Å². The van der Waals surface area contributed by atoms with Crippen LogP contribution in [-0.2, 0) is 9.53 Å². The van der Waals surface area contributed by atoms with Crippen molar-refractivity contribution in [2.45, 2.75) is 50.5 Å². The van der Waals surface area contributed by atoms with Crippen molar-refractivity contribution in [3.05, 3.63) is 0 Å². The molecule has 0 aromatic heterocycles. The lowest BCUT2D eigenvalue weighted by atomic mass is 9.47. The van der Waals surface area contributed by atoms with Crippen molar-refractivity contribution in [1.82, 2.24) is 4.90 Å². The van der Waals surface area contributed by atoms with E-state index in [1.54, 1.807) is 12.0 Å². The number of amides is 1. The van der Waals surface area contributed by atoms with Crippen LogP contribution in [0.25, 0.3) is 0 Å². The van der Waals surface area contributed by atoms with Gasteiger partial charge in [-0.15, -0.1) is 0 Å². The van der Waals surface area contributed by atoms with Crippen molar-refractivity contribution in [1.29, 1.82) is 0 Å². The maximum Gasteiger partial charge on any atom is 0.222 e. The van der Waals surface area contributed by atoms with Crippen LogP contribution in [0.2, 0.25) is 0 Å². The van der Waals surface area contributed by atoms with Crippen molar-refractivity contribution in [3.63, 3.8) is 0 Å². The van der Waals surface area contributed by atoms with Crippen LogP contribution in [0.4, 0.5) is 0 Å². The highest BCUT2D eigenvalue weighted by molar-refractivity contribution is 5.76. The lowest BCUT2D eigenvalue weighted by Gasteiger charge is -2.60. The molecule has 4 aliphatic carbocycles. The number of aliphatic hydroxyl groups is 1. The van der Waals surface area contributed by atoms with E-state index in [1.807, 2.05) is 7.05 Å². The van der Waals surface area contributed by atoms with Crippen molar-refractivity contribution in [2.75, 3.05) is 27.3 Å². The Balaban J connectivity index is 1.66. The summed E-state index contributed by atoms with van der Waals surface area (Å²) in [5.74, 6) is 1.52. The Morgan fingerprint density at radius 2 is 1.95 bits per heavy atom. The molecule has 1 amide bonds. The molecule has 4 fully saturated rings. The average Bonchev–Trinajstić information content (AvgIpc) is 2.32. The van der Waals surface area contributed by atoms with E-state index in [1.165, 1.54) is 6.42 Å². The first-order chi connectivity index (χ1) is 9.44. The molecule has 4 saturated carbocycles. The highest BCUT2D eigenvalue weighted by Crippen LogP contribution is 2.62. The third-order valence-corrected chi connectivity index (χ3v) is 5.73. The normalized spacial score (nSPS) is 42.0. The van der Waals surface area contributed by atoms with E-state index in [2.05, 4.69) is 0 Å². The zero-order valence-electron chi connectivity index (χ0n) is 12.7. The molecule has 4 heteroatoms. The Bertz CT molecular complexity index is 381. The Morgan fingerprint density at radius 3 is 2.50 bits per heavy atom. The van der Waals surface area contributed by atoms with E-state index < -0.39 is 5.60 Å². The summed E-state index contributed by atoms with van der Waals surface area (Å²) in [7, 11) is 3.52. The van der Waals surface area contributed by atoms with Gasteiger partial charge in [-0.2, -0.15) is 0 Å². The molecule has 1 N–H and O–H groups in total. The van der Waals surface area contributed by atoms with Gasteiger partial charge in [-0.05, 0) is 55.8 Å². The maximum atomic E-state index is 12.4. The maximum absolute atomic E-state index is 12.4. The highest BCUT2D eigenvalue weighted by atomic mass is 16.5. The first-order valence-electron chi connectivity index (χ1n) is 7.89. The standard InChI is InChI=1S/C16H27NO3/c1-17(3-4-20-2)14(18)10-15-6-12-5-13(7-15)9-16(19,8-12)11-15/h12-13,19H,3-11H2,1-2H3/t12-,13-,15?,16?/m1/s1. The van der Waals surface area contributed by atoms with Gasteiger partial charge in [0.25, 0.3) is 0 Å². The molecule has 0 unspecified atom stereocenters. The average molecular weight is 281 g/mol. The monoisotopic (exact) mass is 281 g/mol. The van der Waals surface area contributed by atoms with Gasteiger partial charge >= 0.3 is 0 Å². The number of nitrogens with zero attached hydrogens (tertiary/aromatic N) is 1.